The van der Waals surface area contributed by atoms with E-state index in [4.69, 9.17) is 9.15 Å². The molecule has 7 nitrogen and oxygen atoms in total. The Hall–Kier alpha value is -2.90. The molecular weight excluding hydrogens is 358 g/mol. The molecule has 7 heteroatoms. The van der Waals surface area contributed by atoms with Crippen molar-refractivity contribution in [2.45, 2.75) is 6.42 Å². The van der Waals surface area contributed by atoms with Crippen LogP contribution in [0.25, 0.3) is 6.08 Å². The Morgan fingerprint density at radius 3 is 2.57 bits per heavy atom. The van der Waals surface area contributed by atoms with Crippen LogP contribution in [0.3, 0.4) is 0 Å². The molecule has 2 heterocycles. The minimum Gasteiger partial charge on any atom is -0.465 e. The number of rotatable bonds is 8. The van der Waals surface area contributed by atoms with Gasteiger partial charge in [-0.2, -0.15) is 0 Å². The Labute approximate surface area is 164 Å². The van der Waals surface area contributed by atoms with Gasteiger partial charge in [0.2, 0.25) is 0 Å². The highest BCUT2D eigenvalue weighted by Gasteiger charge is 2.16. The first-order valence-electron chi connectivity index (χ1n) is 9.53. The van der Waals surface area contributed by atoms with Gasteiger partial charge in [-0.1, -0.05) is 18.2 Å². The van der Waals surface area contributed by atoms with Crippen LogP contribution in [0.15, 0.2) is 58.8 Å². The summed E-state index contributed by atoms with van der Waals surface area (Å²) in [6.07, 6.45) is 3.91. The van der Waals surface area contributed by atoms with Crippen LogP contribution < -0.4 is 15.5 Å². The minimum atomic E-state index is -0.341. The van der Waals surface area contributed by atoms with Crippen molar-refractivity contribution in [1.29, 1.82) is 0 Å². The molecule has 1 aromatic heterocycles. The molecule has 0 bridgehead atoms. The Morgan fingerprint density at radius 2 is 1.86 bits per heavy atom. The Morgan fingerprint density at radius 1 is 1.07 bits per heavy atom. The van der Waals surface area contributed by atoms with Crippen LogP contribution in [0.2, 0.25) is 0 Å². The molecule has 1 fully saturated rings. The number of carbonyl (C=O) groups is 2. The van der Waals surface area contributed by atoms with Gasteiger partial charge >= 0.3 is 0 Å². The van der Waals surface area contributed by atoms with Gasteiger partial charge in [0.1, 0.15) is 24.5 Å². The monoisotopic (exact) mass is 384 g/mol. The number of morpholine rings is 1. The van der Waals surface area contributed by atoms with Crippen molar-refractivity contribution in [1.82, 2.24) is 10.6 Å². The Balaban J connectivity index is 1.56. The van der Waals surface area contributed by atoms with Crippen LogP contribution in [0.5, 0.6) is 0 Å². The fraction of sp³-hybridized carbons (Fsp3) is 0.333. The number of hydrogen-bond donors (Lipinski definition) is 3. The lowest BCUT2D eigenvalue weighted by Gasteiger charge is -2.23. The maximum Gasteiger partial charge on any atom is 0.267 e. The second-order valence-electron chi connectivity index (χ2n) is 6.62. The van der Waals surface area contributed by atoms with Gasteiger partial charge in [-0.25, -0.2) is 0 Å². The molecule has 1 aliphatic heterocycles. The van der Waals surface area contributed by atoms with Crippen molar-refractivity contribution in [2.75, 3.05) is 39.4 Å². The van der Waals surface area contributed by atoms with Crippen LogP contribution in [0.1, 0.15) is 22.5 Å². The summed E-state index contributed by atoms with van der Waals surface area (Å²) in [6.45, 7) is 5.12. The SMILES string of the molecule is O=C(NCCC[NH+]1CCOCC1)/C(=C/c1ccco1)NC(=O)c1ccccc1. The summed E-state index contributed by atoms with van der Waals surface area (Å²) in [5.74, 6) is -0.180. The van der Waals surface area contributed by atoms with Crippen molar-refractivity contribution in [3.8, 4) is 0 Å². The molecule has 0 aliphatic carbocycles. The fourth-order valence-corrected chi connectivity index (χ4v) is 3.00. The number of quaternary nitrogens is 1. The van der Waals surface area contributed by atoms with Crippen LogP contribution >= 0.6 is 0 Å². The molecule has 1 aromatic carbocycles. The van der Waals surface area contributed by atoms with Crippen LogP contribution in [0, 0.1) is 0 Å². The van der Waals surface area contributed by atoms with Gasteiger partial charge in [0.25, 0.3) is 11.8 Å². The lowest BCUT2D eigenvalue weighted by Crippen LogP contribution is -3.14. The normalized spacial score (nSPS) is 15.2. The highest BCUT2D eigenvalue weighted by atomic mass is 16.5. The smallest absolute Gasteiger partial charge is 0.267 e. The van der Waals surface area contributed by atoms with Crippen molar-refractivity contribution >= 4 is 17.9 Å². The number of benzene rings is 1. The zero-order valence-corrected chi connectivity index (χ0v) is 15.8. The number of amides is 2. The van der Waals surface area contributed by atoms with E-state index in [0.717, 1.165) is 39.3 Å². The third-order valence-corrected chi connectivity index (χ3v) is 4.55. The number of nitrogens with one attached hydrogen (secondary N) is 3. The van der Waals surface area contributed by atoms with E-state index in [2.05, 4.69) is 10.6 Å². The summed E-state index contributed by atoms with van der Waals surface area (Å²) in [6, 6.07) is 12.2. The maximum absolute atomic E-state index is 12.6. The van der Waals surface area contributed by atoms with E-state index >= 15 is 0 Å². The van der Waals surface area contributed by atoms with Crippen molar-refractivity contribution in [2.24, 2.45) is 0 Å². The third kappa shape index (κ3) is 6.07. The molecule has 3 N–H and O–H groups in total. The highest BCUT2D eigenvalue weighted by Crippen LogP contribution is 2.07. The second-order valence-corrected chi connectivity index (χ2v) is 6.62. The van der Waals surface area contributed by atoms with E-state index in [0.29, 0.717) is 17.9 Å². The fourth-order valence-electron chi connectivity index (χ4n) is 3.00. The number of ether oxygens (including phenoxy) is 1. The molecule has 2 aromatic rings. The first-order chi connectivity index (χ1) is 13.7. The molecular formula is C21H26N3O4+. The summed E-state index contributed by atoms with van der Waals surface area (Å²) < 4.78 is 10.6. The zero-order chi connectivity index (χ0) is 19.6. The van der Waals surface area contributed by atoms with Gasteiger partial charge in [-0.3, -0.25) is 9.59 Å². The van der Waals surface area contributed by atoms with E-state index in [1.807, 2.05) is 6.07 Å². The van der Waals surface area contributed by atoms with Gasteiger partial charge in [-0.05, 0) is 24.3 Å². The summed E-state index contributed by atoms with van der Waals surface area (Å²) in [5, 5.41) is 5.57. The van der Waals surface area contributed by atoms with E-state index in [1.54, 1.807) is 36.4 Å². The molecule has 0 unspecified atom stereocenters. The molecule has 3 rings (SSSR count). The molecule has 0 saturated carbocycles. The Bertz CT molecular complexity index is 781. The van der Waals surface area contributed by atoms with Crippen molar-refractivity contribution in [3.05, 3.63) is 65.7 Å². The number of furan rings is 1. The predicted molar refractivity (Wildman–Crippen MR) is 105 cm³/mol. The molecule has 28 heavy (non-hydrogen) atoms. The molecule has 0 radical (unpaired) electrons. The molecule has 148 valence electrons. The topological polar surface area (TPSA) is 85.0 Å². The van der Waals surface area contributed by atoms with Gasteiger partial charge < -0.3 is 24.7 Å². The zero-order valence-electron chi connectivity index (χ0n) is 15.8. The van der Waals surface area contributed by atoms with E-state index in [-0.39, 0.29) is 17.5 Å². The lowest BCUT2D eigenvalue weighted by atomic mass is 10.2. The summed E-state index contributed by atoms with van der Waals surface area (Å²) in [7, 11) is 0. The predicted octanol–water partition coefficient (Wildman–Crippen LogP) is 0.472. The highest BCUT2D eigenvalue weighted by molar-refractivity contribution is 6.05. The minimum absolute atomic E-state index is 0.155. The average molecular weight is 384 g/mol. The molecule has 0 spiro atoms. The van der Waals surface area contributed by atoms with E-state index in [9.17, 15) is 9.59 Å². The summed E-state index contributed by atoms with van der Waals surface area (Å²) in [4.78, 5) is 26.6. The maximum atomic E-state index is 12.6. The quantitative estimate of drug-likeness (QED) is 0.456. The van der Waals surface area contributed by atoms with Crippen molar-refractivity contribution in [3.63, 3.8) is 0 Å². The molecule has 1 aliphatic rings. The first-order valence-corrected chi connectivity index (χ1v) is 9.53. The van der Waals surface area contributed by atoms with Crippen LogP contribution in [-0.4, -0.2) is 51.2 Å². The average Bonchev–Trinajstić information content (AvgIpc) is 3.25. The standard InChI is InChI=1S/C21H25N3O4/c25-20(17-6-2-1-3-7-17)23-19(16-18-8-4-13-28-18)21(26)22-9-5-10-24-11-14-27-15-12-24/h1-4,6-8,13,16H,5,9-12,14-15H2,(H,22,26)(H,23,25)/p+1/b19-16-. The van der Waals surface area contributed by atoms with E-state index in [1.165, 1.54) is 17.2 Å². The van der Waals surface area contributed by atoms with E-state index < -0.39 is 0 Å². The van der Waals surface area contributed by atoms with Crippen LogP contribution in [0.4, 0.5) is 0 Å². The largest absolute Gasteiger partial charge is 0.465 e. The molecule has 0 atom stereocenters. The van der Waals surface area contributed by atoms with Crippen LogP contribution in [-0.2, 0) is 9.53 Å². The first kappa shape index (κ1) is 19.9. The van der Waals surface area contributed by atoms with Gasteiger partial charge in [0, 0.05) is 24.6 Å². The van der Waals surface area contributed by atoms with Gasteiger partial charge in [-0.15, -0.1) is 0 Å². The third-order valence-electron chi connectivity index (χ3n) is 4.55. The molecule has 1 saturated heterocycles. The van der Waals surface area contributed by atoms with Gasteiger partial charge in [0.05, 0.1) is 26.0 Å². The second kappa shape index (κ2) is 10.4. The Kier molecular flexibility index (Phi) is 7.40. The summed E-state index contributed by atoms with van der Waals surface area (Å²) >= 11 is 0. The van der Waals surface area contributed by atoms with Gasteiger partial charge in [0.15, 0.2) is 0 Å². The number of carbonyl (C=O) groups excluding carboxylic acids is 2. The number of hydrogen-bond acceptors (Lipinski definition) is 4. The molecule has 2 amide bonds. The lowest BCUT2D eigenvalue weighted by molar-refractivity contribution is -0.908. The van der Waals surface area contributed by atoms with Crippen molar-refractivity contribution < 1.29 is 23.6 Å². The summed E-state index contributed by atoms with van der Waals surface area (Å²) in [5.41, 5.74) is 0.638.